The van der Waals surface area contributed by atoms with E-state index in [0.717, 1.165) is 18.4 Å². The normalized spacial score (nSPS) is 29.4. The summed E-state index contributed by atoms with van der Waals surface area (Å²) >= 11 is 1.63. The molecule has 0 aliphatic carbocycles. The molecule has 8 heteroatoms. The van der Waals surface area contributed by atoms with Crippen molar-refractivity contribution in [2.24, 2.45) is 17.8 Å². The van der Waals surface area contributed by atoms with Gasteiger partial charge in [-0.1, -0.05) is 56.3 Å². The largest absolute Gasteiger partial charge is 0.465 e. The number of ether oxygens (including phenoxy) is 1. The second-order valence-electron chi connectivity index (χ2n) is 12.0. The van der Waals surface area contributed by atoms with E-state index in [-0.39, 0.29) is 36.9 Å². The van der Waals surface area contributed by atoms with Gasteiger partial charge >= 0.3 is 5.97 Å². The average Bonchev–Trinajstić information content (AvgIpc) is 3.50. The molecular formula is C32H44N2O5S. The van der Waals surface area contributed by atoms with Gasteiger partial charge < -0.3 is 19.6 Å². The van der Waals surface area contributed by atoms with E-state index < -0.39 is 33.4 Å². The lowest BCUT2D eigenvalue weighted by molar-refractivity contribution is -0.156. The highest BCUT2D eigenvalue weighted by Crippen LogP contribution is 2.71. The van der Waals surface area contributed by atoms with Crippen LogP contribution in [-0.4, -0.2) is 74.0 Å². The summed E-state index contributed by atoms with van der Waals surface area (Å²) in [6, 6.07) is 8.48. The average molecular weight is 569 g/mol. The quantitative estimate of drug-likeness (QED) is 0.201. The first kappa shape index (κ1) is 30.4. The highest BCUT2D eigenvalue weighted by molar-refractivity contribution is 8.02. The van der Waals surface area contributed by atoms with Gasteiger partial charge in [-0.25, -0.2) is 0 Å². The molecule has 6 atom stereocenters. The van der Waals surface area contributed by atoms with Gasteiger partial charge in [-0.05, 0) is 50.5 Å². The van der Waals surface area contributed by atoms with Gasteiger partial charge in [0.05, 0.1) is 35.8 Å². The Labute approximate surface area is 243 Å². The van der Waals surface area contributed by atoms with Crippen LogP contribution in [0.4, 0.5) is 0 Å². The third-order valence-corrected chi connectivity index (χ3v) is 10.7. The van der Waals surface area contributed by atoms with Crippen LogP contribution in [0.5, 0.6) is 0 Å². The van der Waals surface area contributed by atoms with Crippen molar-refractivity contribution in [1.29, 1.82) is 0 Å². The smallest absolute Gasteiger partial charge is 0.311 e. The minimum absolute atomic E-state index is 0.154. The fourth-order valence-electron chi connectivity index (χ4n) is 7.07. The topological polar surface area (TPSA) is 87.1 Å². The van der Waals surface area contributed by atoms with Gasteiger partial charge in [0.15, 0.2) is 0 Å². The van der Waals surface area contributed by atoms with Crippen molar-refractivity contribution >= 4 is 29.5 Å². The summed E-state index contributed by atoms with van der Waals surface area (Å²) in [5.41, 5.74) is 0.986. The maximum Gasteiger partial charge on any atom is 0.311 e. The van der Waals surface area contributed by atoms with Crippen LogP contribution in [-0.2, 0) is 25.7 Å². The lowest BCUT2D eigenvalue weighted by Crippen LogP contribution is -2.57. The number of esters is 1. The van der Waals surface area contributed by atoms with Crippen molar-refractivity contribution in [3.63, 3.8) is 0 Å². The molecule has 0 saturated carbocycles. The van der Waals surface area contributed by atoms with Crippen molar-refractivity contribution in [2.75, 3.05) is 19.8 Å². The zero-order chi connectivity index (χ0) is 29.1. The number of hydrogen-bond acceptors (Lipinski definition) is 6. The van der Waals surface area contributed by atoms with Gasteiger partial charge in [0.25, 0.3) is 0 Å². The molecule has 3 heterocycles. The van der Waals surface area contributed by atoms with E-state index in [1.54, 1.807) is 33.7 Å². The highest BCUT2D eigenvalue weighted by Gasteiger charge is 2.78. The van der Waals surface area contributed by atoms with E-state index >= 15 is 0 Å². The lowest BCUT2D eigenvalue weighted by Gasteiger charge is -2.40. The fraction of sp³-hybridized carbons (Fsp3) is 0.594. The van der Waals surface area contributed by atoms with Gasteiger partial charge in [0, 0.05) is 17.8 Å². The molecule has 1 spiro atoms. The van der Waals surface area contributed by atoms with E-state index in [9.17, 15) is 19.5 Å². The second-order valence-corrected chi connectivity index (χ2v) is 13.9. The summed E-state index contributed by atoms with van der Waals surface area (Å²) in [6.45, 7) is 14.5. The zero-order valence-electron chi connectivity index (χ0n) is 24.1. The molecule has 3 aliphatic heterocycles. The van der Waals surface area contributed by atoms with E-state index in [1.807, 2.05) is 51.1 Å². The number of unbranched alkanes of at least 4 members (excludes halogenated alkanes) is 1. The summed E-state index contributed by atoms with van der Waals surface area (Å²) in [5.74, 6) is -1.81. The van der Waals surface area contributed by atoms with Crippen LogP contribution < -0.4 is 0 Å². The molecule has 1 aromatic rings. The minimum Gasteiger partial charge on any atom is -0.465 e. The predicted molar refractivity (Wildman–Crippen MR) is 158 cm³/mol. The molecule has 7 nitrogen and oxygen atoms in total. The Morgan fingerprint density at radius 1 is 1.23 bits per heavy atom. The van der Waals surface area contributed by atoms with Gasteiger partial charge in [0.2, 0.25) is 11.8 Å². The summed E-state index contributed by atoms with van der Waals surface area (Å²) in [5, 5.41) is 10.5. The number of aliphatic hydroxyl groups is 1. The van der Waals surface area contributed by atoms with Crippen molar-refractivity contribution in [2.45, 2.75) is 81.0 Å². The molecule has 2 unspecified atom stereocenters. The Morgan fingerprint density at radius 2 is 1.95 bits per heavy atom. The number of benzene rings is 1. The van der Waals surface area contributed by atoms with E-state index in [2.05, 4.69) is 13.2 Å². The predicted octanol–water partition coefficient (Wildman–Crippen LogP) is 4.60. The van der Waals surface area contributed by atoms with E-state index in [4.69, 9.17) is 4.74 Å². The number of fused-ring (bicyclic) bond motifs is 1. The zero-order valence-corrected chi connectivity index (χ0v) is 24.9. The second kappa shape index (κ2) is 12.5. The number of thioether (sulfide) groups is 1. The first-order valence-electron chi connectivity index (χ1n) is 14.5. The van der Waals surface area contributed by atoms with Crippen LogP contribution in [0.15, 0.2) is 55.6 Å². The molecule has 1 N–H and O–H groups in total. The fourth-order valence-corrected chi connectivity index (χ4v) is 9.40. The van der Waals surface area contributed by atoms with Crippen LogP contribution >= 0.6 is 11.8 Å². The lowest BCUT2D eigenvalue weighted by atomic mass is 9.66. The SMILES string of the molecule is C=CCCCOC(=O)[C@H]1[C@H]2C(=O)N([C@@H](CO)CC(C)C)C(C(=O)N(CC=C)Cc3ccccc3)C23CC[C@]1(C)S3. The number of carbonyl (C=O) groups excluding carboxylic acids is 3. The molecule has 4 rings (SSSR count). The van der Waals surface area contributed by atoms with Crippen molar-refractivity contribution < 1.29 is 24.2 Å². The third-order valence-electron chi connectivity index (χ3n) is 8.72. The number of amides is 2. The first-order chi connectivity index (χ1) is 19.1. The van der Waals surface area contributed by atoms with E-state index in [0.29, 0.717) is 32.4 Å². The number of likely N-dealkylation sites (tertiary alicyclic amines) is 1. The van der Waals surface area contributed by atoms with E-state index in [1.165, 1.54) is 0 Å². The molecule has 3 saturated heterocycles. The van der Waals surface area contributed by atoms with Crippen LogP contribution in [0.1, 0.15) is 58.4 Å². The van der Waals surface area contributed by atoms with Gasteiger partial charge in [0.1, 0.15) is 6.04 Å². The van der Waals surface area contributed by atoms with Crippen molar-refractivity contribution in [3.05, 3.63) is 61.2 Å². The molecule has 3 fully saturated rings. The maximum atomic E-state index is 14.6. The molecular weight excluding hydrogens is 524 g/mol. The molecule has 1 aromatic carbocycles. The minimum atomic E-state index is -0.782. The molecule has 0 radical (unpaired) electrons. The van der Waals surface area contributed by atoms with Crippen LogP contribution in [0, 0.1) is 17.8 Å². The number of allylic oxidation sites excluding steroid dienone is 1. The van der Waals surface area contributed by atoms with Crippen LogP contribution in [0.25, 0.3) is 0 Å². The van der Waals surface area contributed by atoms with Crippen LogP contribution in [0.3, 0.4) is 0 Å². The van der Waals surface area contributed by atoms with Crippen molar-refractivity contribution in [1.82, 2.24) is 9.80 Å². The molecule has 3 aliphatic rings. The standard InChI is InChI=1S/C32H44N2O5S/c1-6-8-12-18-39-30(38)26-25-28(36)34(24(21-35)19-22(3)4)27(32(25)16-15-31(26,5)40-32)29(37)33(17-7-2)20-23-13-10-9-11-14-23/h6-7,9-11,13-14,22,24-27,35H,1-2,8,12,15-21H2,3-5H3/t24-,25+,26-,27?,31+,32?/m1/s1. The number of carbonyl (C=O) groups is 3. The monoisotopic (exact) mass is 568 g/mol. The van der Waals surface area contributed by atoms with Gasteiger partial charge in [-0.2, -0.15) is 0 Å². The summed E-state index contributed by atoms with van der Waals surface area (Å²) in [7, 11) is 0. The van der Waals surface area contributed by atoms with Gasteiger partial charge in [-0.3, -0.25) is 14.4 Å². The van der Waals surface area contributed by atoms with Crippen LogP contribution in [0.2, 0.25) is 0 Å². The number of rotatable bonds is 14. The summed E-state index contributed by atoms with van der Waals surface area (Å²) < 4.78 is 4.47. The first-order valence-corrected chi connectivity index (χ1v) is 15.3. The Bertz CT molecular complexity index is 1110. The molecule has 40 heavy (non-hydrogen) atoms. The Kier molecular flexibility index (Phi) is 9.51. The molecule has 2 bridgehead atoms. The molecule has 218 valence electrons. The molecule has 0 aromatic heterocycles. The number of hydrogen-bond donors (Lipinski definition) is 1. The maximum absolute atomic E-state index is 14.6. The molecule has 2 amide bonds. The number of aliphatic hydroxyl groups excluding tert-OH is 1. The summed E-state index contributed by atoms with van der Waals surface area (Å²) in [4.78, 5) is 46.0. The Hall–Kier alpha value is -2.58. The summed E-state index contributed by atoms with van der Waals surface area (Å²) in [6.07, 6.45) is 6.87. The highest BCUT2D eigenvalue weighted by atomic mass is 32.2. The number of nitrogens with zero attached hydrogens (tertiary/aromatic N) is 2. The third kappa shape index (κ3) is 5.49. The van der Waals surface area contributed by atoms with Gasteiger partial charge in [-0.15, -0.1) is 24.9 Å². The Balaban J connectivity index is 1.74. The Morgan fingerprint density at radius 3 is 2.58 bits per heavy atom. The van der Waals surface area contributed by atoms with Crippen molar-refractivity contribution in [3.8, 4) is 0 Å².